The fourth-order valence-electron chi connectivity index (χ4n) is 4.48. The Morgan fingerprint density at radius 2 is 1.66 bits per heavy atom. The number of aromatic nitrogens is 3. The minimum atomic E-state index is -1.15. The minimum absolute atomic E-state index is 0.0405. The van der Waals surface area contributed by atoms with E-state index in [2.05, 4.69) is 30.9 Å². The van der Waals surface area contributed by atoms with Crippen LogP contribution in [0, 0.1) is 5.92 Å². The zero-order valence-electron chi connectivity index (χ0n) is 23.5. The van der Waals surface area contributed by atoms with Crippen LogP contribution in [0.25, 0.3) is 10.9 Å². The Hall–Kier alpha value is -3.84. The molecule has 0 bridgehead atoms. The van der Waals surface area contributed by atoms with Crippen molar-refractivity contribution in [3.05, 3.63) is 54.2 Å². The van der Waals surface area contributed by atoms with Crippen LogP contribution in [0.4, 0.5) is 0 Å². The van der Waals surface area contributed by atoms with Crippen molar-refractivity contribution in [1.82, 2.24) is 30.9 Å². The van der Waals surface area contributed by atoms with Crippen LogP contribution in [-0.4, -0.2) is 79.9 Å². The first-order chi connectivity index (χ1) is 19.6. The molecule has 0 radical (unpaired) electrons. The van der Waals surface area contributed by atoms with Crippen LogP contribution in [0.1, 0.15) is 37.9 Å². The van der Waals surface area contributed by atoms with E-state index in [1.54, 1.807) is 12.4 Å². The molecule has 3 amide bonds. The number of carboxylic acids is 1. The third-order valence-corrected chi connectivity index (χ3v) is 7.27. The van der Waals surface area contributed by atoms with Gasteiger partial charge in [0.25, 0.3) is 0 Å². The van der Waals surface area contributed by atoms with Crippen LogP contribution >= 0.6 is 11.8 Å². The summed E-state index contributed by atoms with van der Waals surface area (Å²) in [4.78, 5) is 61.7. The topological polar surface area (TPSA) is 195 Å². The van der Waals surface area contributed by atoms with E-state index in [0.29, 0.717) is 17.9 Å². The van der Waals surface area contributed by atoms with Crippen molar-refractivity contribution in [3.8, 4) is 0 Å². The minimum Gasteiger partial charge on any atom is -0.480 e. The van der Waals surface area contributed by atoms with Crippen molar-refractivity contribution >= 4 is 46.4 Å². The number of aromatic amines is 2. The number of hydrogen-bond donors (Lipinski definition) is 7. The largest absolute Gasteiger partial charge is 0.480 e. The number of hydrogen-bond acceptors (Lipinski definition) is 7. The van der Waals surface area contributed by atoms with Gasteiger partial charge in [-0.2, -0.15) is 11.8 Å². The number of nitrogens with zero attached hydrogens (tertiary/aromatic N) is 1. The molecule has 0 fully saturated rings. The quantitative estimate of drug-likeness (QED) is 0.131. The van der Waals surface area contributed by atoms with Crippen LogP contribution in [0.5, 0.6) is 0 Å². The number of carbonyl (C=O) groups is 4. The number of benzene rings is 1. The highest BCUT2D eigenvalue weighted by Crippen LogP contribution is 2.19. The van der Waals surface area contributed by atoms with E-state index in [9.17, 15) is 24.3 Å². The van der Waals surface area contributed by atoms with Crippen LogP contribution < -0.4 is 21.7 Å². The van der Waals surface area contributed by atoms with E-state index in [1.165, 1.54) is 18.1 Å². The third-order valence-electron chi connectivity index (χ3n) is 6.63. The molecule has 3 aromatic rings. The molecule has 0 aliphatic heterocycles. The summed E-state index contributed by atoms with van der Waals surface area (Å²) in [5, 5.41) is 18.6. The average Bonchev–Trinajstić information content (AvgIpc) is 3.59. The van der Waals surface area contributed by atoms with Crippen molar-refractivity contribution < 1.29 is 24.3 Å². The Bertz CT molecular complexity index is 1310. The number of carboxylic acid groups (broad SMARTS) is 1. The SMILES string of the molecule is CSCCC(NC(=O)C(Cc1c[nH]c2ccccc12)NC(=O)C(CC(C)C)NC(=O)C(N)Cc1cnc[nH]1)C(=O)O. The lowest BCUT2D eigenvalue weighted by Gasteiger charge is -2.26. The van der Waals surface area contributed by atoms with Gasteiger partial charge in [-0.15, -0.1) is 0 Å². The zero-order chi connectivity index (χ0) is 29.9. The first-order valence-corrected chi connectivity index (χ1v) is 14.9. The molecule has 12 nitrogen and oxygen atoms in total. The van der Waals surface area contributed by atoms with Crippen molar-refractivity contribution in [2.75, 3.05) is 12.0 Å². The maximum atomic E-state index is 13.6. The number of nitrogens with one attached hydrogen (secondary N) is 5. The Labute approximate surface area is 243 Å². The molecule has 13 heteroatoms. The summed E-state index contributed by atoms with van der Waals surface area (Å²) in [5.74, 6) is -2.27. The third kappa shape index (κ3) is 9.35. The Morgan fingerprint density at radius 3 is 2.32 bits per heavy atom. The molecule has 0 saturated heterocycles. The molecule has 8 N–H and O–H groups in total. The highest BCUT2D eigenvalue weighted by atomic mass is 32.2. The molecule has 41 heavy (non-hydrogen) atoms. The van der Waals surface area contributed by atoms with Gasteiger partial charge < -0.3 is 36.8 Å². The van der Waals surface area contributed by atoms with Gasteiger partial charge in [0.05, 0.1) is 12.4 Å². The number of fused-ring (bicyclic) bond motifs is 1. The normalized spacial score (nSPS) is 14.3. The van der Waals surface area contributed by atoms with Crippen LogP contribution in [-0.2, 0) is 32.0 Å². The second-order valence-corrected chi connectivity index (χ2v) is 11.4. The Kier molecular flexibility index (Phi) is 11.8. The Morgan fingerprint density at radius 1 is 0.976 bits per heavy atom. The van der Waals surface area contributed by atoms with Gasteiger partial charge in [0.15, 0.2) is 0 Å². The number of amides is 3. The van der Waals surface area contributed by atoms with E-state index >= 15 is 0 Å². The fraction of sp³-hybridized carbons (Fsp3) is 0.464. The van der Waals surface area contributed by atoms with Crippen LogP contribution in [0.3, 0.4) is 0 Å². The van der Waals surface area contributed by atoms with Crippen molar-refractivity contribution in [1.29, 1.82) is 0 Å². The standard InChI is InChI=1S/C28H39N7O5S/c1-16(2)10-23(34-25(36)20(29)12-18-14-30-15-32-18)26(37)35-24(27(38)33-22(28(39)40)8-9-41-3)11-17-13-31-21-7-5-4-6-19(17)21/h4-7,13-16,20,22-24,31H,8-12,29H2,1-3H3,(H,30,32)(H,33,38)(H,34,36)(H,35,37)(H,39,40). The smallest absolute Gasteiger partial charge is 0.326 e. The van der Waals surface area contributed by atoms with Crippen molar-refractivity contribution in [2.24, 2.45) is 11.7 Å². The van der Waals surface area contributed by atoms with Gasteiger partial charge in [0.1, 0.15) is 18.1 Å². The molecule has 4 unspecified atom stereocenters. The van der Waals surface area contributed by atoms with Crippen molar-refractivity contribution in [2.45, 2.75) is 63.7 Å². The lowest BCUT2D eigenvalue weighted by atomic mass is 10.00. The van der Waals surface area contributed by atoms with E-state index < -0.39 is 47.9 Å². The van der Waals surface area contributed by atoms with Crippen molar-refractivity contribution in [3.63, 3.8) is 0 Å². The number of carbonyl (C=O) groups excluding carboxylic acids is 3. The van der Waals surface area contributed by atoms with E-state index in [4.69, 9.17) is 5.73 Å². The lowest BCUT2D eigenvalue weighted by molar-refractivity contribution is -0.142. The summed E-state index contributed by atoms with van der Waals surface area (Å²) in [6, 6.07) is 3.48. The number of H-pyrrole nitrogens is 2. The second kappa shape index (κ2) is 15.2. The molecule has 4 atom stereocenters. The summed E-state index contributed by atoms with van der Waals surface area (Å²) in [6.07, 6.45) is 7.54. The number of thioether (sulfide) groups is 1. The van der Waals surface area contributed by atoms with Gasteiger partial charge in [-0.25, -0.2) is 9.78 Å². The fourth-order valence-corrected chi connectivity index (χ4v) is 4.95. The van der Waals surface area contributed by atoms with Crippen LogP contribution in [0.15, 0.2) is 43.0 Å². The molecule has 3 rings (SSSR count). The molecule has 0 aliphatic rings. The predicted molar refractivity (Wildman–Crippen MR) is 158 cm³/mol. The van der Waals surface area contributed by atoms with Gasteiger partial charge in [-0.1, -0.05) is 32.0 Å². The second-order valence-electron chi connectivity index (χ2n) is 10.4. The van der Waals surface area contributed by atoms with Gasteiger partial charge in [-0.3, -0.25) is 14.4 Å². The first kappa shape index (κ1) is 31.7. The number of nitrogens with two attached hydrogens (primary N) is 1. The van der Waals surface area contributed by atoms with Gasteiger partial charge in [-0.05, 0) is 42.4 Å². The first-order valence-electron chi connectivity index (χ1n) is 13.5. The molecule has 0 aliphatic carbocycles. The summed E-state index contributed by atoms with van der Waals surface area (Å²) < 4.78 is 0. The molecule has 2 aromatic heterocycles. The summed E-state index contributed by atoms with van der Waals surface area (Å²) in [6.45, 7) is 3.83. The monoisotopic (exact) mass is 585 g/mol. The predicted octanol–water partition coefficient (Wildman–Crippen LogP) is 1.34. The molecule has 0 spiro atoms. The molecule has 1 aromatic carbocycles. The van der Waals surface area contributed by atoms with E-state index in [1.807, 2.05) is 44.4 Å². The highest BCUT2D eigenvalue weighted by molar-refractivity contribution is 7.98. The highest BCUT2D eigenvalue weighted by Gasteiger charge is 2.31. The summed E-state index contributed by atoms with van der Waals surface area (Å²) in [7, 11) is 0. The molecular formula is C28H39N7O5S. The van der Waals surface area contributed by atoms with E-state index in [0.717, 1.165) is 16.5 Å². The summed E-state index contributed by atoms with van der Waals surface area (Å²) in [5.41, 5.74) is 8.42. The van der Waals surface area contributed by atoms with Gasteiger partial charge in [0.2, 0.25) is 17.7 Å². The number of para-hydroxylation sites is 1. The van der Waals surface area contributed by atoms with E-state index in [-0.39, 0.29) is 25.2 Å². The van der Waals surface area contributed by atoms with Crippen LogP contribution in [0.2, 0.25) is 0 Å². The van der Waals surface area contributed by atoms with Gasteiger partial charge >= 0.3 is 5.97 Å². The molecular weight excluding hydrogens is 546 g/mol. The molecule has 0 saturated carbocycles. The van der Waals surface area contributed by atoms with Gasteiger partial charge in [0, 0.05) is 41.8 Å². The molecule has 2 heterocycles. The average molecular weight is 586 g/mol. The maximum absolute atomic E-state index is 13.6. The Balaban J connectivity index is 1.81. The summed E-state index contributed by atoms with van der Waals surface area (Å²) >= 11 is 1.47. The molecule has 222 valence electrons. The number of aliphatic carboxylic acids is 1. The number of imidazole rings is 1. The lowest BCUT2D eigenvalue weighted by Crippen LogP contribution is -2.58. The number of rotatable bonds is 16. The maximum Gasteiger partial charge on any atom is 0.326 e. The zero-order valence-corrected chi connectivity index (χ0v) is 24.3.